The number of phenolic OH excluding ortho intramolecular Hbond substituents is 1. The average Bonchev–Trinajstić information content (AvgIpc) is 2.16. The Kier molecular flexibility index (Phi) is 6.44. The fourth-order valence-corrected chi connectivity index (χ4v) is 1.71. The molecule has 0 saturated heterocycles. The summed E-state index contributed by atoms with van der Waals surface area (Å²) in [4.78, 5) is 10.6. The summed E-state index contributed by atoms with van der Waals surface area (Å²) in [7, 11) is 0. The molecule has 0 fully saturated rings. The molecular weight excluding hydrogens is 424 g/mol. The molecule has 0 saturated carbocycles. The van der Waals surface area contributed by atoms with Crippen LogP contribution in [0.2, 0.25) is 0 Å². The quantitative estimate of drug-likeness (QED) is 0.501. The minimum Gasteiger partial charge on any atom is -0.508 e. The van der Waals surface area contributed by atoms with Crippen LogP contribution in [0.25, 0.3) is 0 Å². The predicted octanol–water partition coefficient (Wildman–Crippen LogP) is 1.90. The van der Waals surface area contributed by atoms with Gasteiger partial charge in [0.05, 0.1) is 3.92 Å². The van der Waals surface area contributed by atoms with Crippen molar-refractivity contribution in [3.8, 4) is 5.75 Å². The number of carbonyl (C=O) groups is 1. The second-order valence-corrected chi connectivity index (χ2v) is 4.20. The Bertz CT molecular complexity index is 329. The number of benzene rings is 1. The van der Waals surface area contributed by atoms with Crippen LogP contribution in [0.4, 0.5) is 0 Å². The molecule has 0 bridgehead atoms. The summed E-state index contributed by atoms with van der Waals surface area (Å²) >= 11 is 1.97. The van der Waals surface area contributed by atoms with Gasteiger partial charge in [0.15, 0.2) is 0 Å². The zero-order valence-electron chi connectivity index (χ0n) is 7.63. The van der Waals surface area contributed by atoms with Crippen molar-refractivity contribution in [2.75, 3.05) is 0 Å². The van der Waals surface area contributed by atoms with Crippen LogP contribution < -0.4 is 5.73 Å². The van der Waals surface area contributed by atoms with Gasteiger partial charge < -0.3 is 15.9 Å². The number of alkyl halides is 1. The standard InChI is InChI=1S/C9H10INO3.HI/c10-7(8(11)9(13)14)5-1-3-6(12)4-2-5;/h1-4,7-8,12H,11H2,(H,13,14);1H/t7?,8-;/m0./s1. The van der Waals surface area contributed by atoms with Crippen LogP contribution in [0.5, 0.6) is 5.75 Å². The summed E-state index contributed by atoms with van der Waals surface area (Å²) in [5.41, 5.74) is 6.25. The van der Waals surface area contributed by atoms with Crippen LogP contribution in [0.1, 0.15) is 9.49 Å². The smallest absolute Gasteiger partial charge is 0.321 e. The van der Waals surface area contributed by atoms with Gasteiger partial charge in [-0.2, -0.15) is 0 Å². The van der Waals surface area contributed by atoms with Crippen molar-refractivity contribution < 1.29 is 15.0 Å². The van der Waals surface area contributed by atoms with Crippen LogP contribution >= 0.6 is 46.6 Å². The second kappa shape index (κ2) is 6.48. The number of carboxylic acids is 1. The molecule has 15 heavy (non-hydrogen) atoms. The first-order valence-electron chi connectivity index (χ1n) is 3.93. The van der Waals surface area contributed by atoms with Gasteiger partial charge in [-0.15, -0.1) is 24.0 Å². The maximum Gasteiger partial charge on any atom is 0.321 e. The minimum absolute atomic E-state index is 0. The first-order chi connectivity index (χ1) is 6.52. The summed E-state index contributed by atoms with van der Waals surface area (Å²) in [6.07, 6.45) is 0. The average molecular weight is 435 g/mol. The molecule has 6 heteroatoms. The molecule has 1 unspecified atom stereocenters. The lowest BCUT2D eigenvalue weighted by Crippen LogP contribution is -2.33. The van der Waals surface area contributed by atoms with E-state index in [9.17, 15) is 4.79 Å². The highest BCUT2D eigenvalue weighted by molar-refractivity contribution is 14.1. The predicted molar refractivity (Wildman–Crippen MR) is 75.9 cm³/mol. The van der Waals surface area contributed by atoms with Gasteiger partial charge in [0.2, 0.25) is 0 Å². The van der Waals surface area contributed by atoms with Crippen molar-refractivity contribution in [1.82, 2.24) is 0 Å². The summed E-state index contributed by atoms with van der Waals surface area (Å²) in [6, 6.07) is 5.41. The van der Waals surface area contributed by atoms with Gasteiger partial charge in [-0.1, -0.05) is 34.7 Å². The van der Waals surface area contributed by atoms with Gasteiger partial charge in [-0.25, -0.2) is 0 Å². The Labute approximate surface area is 118 Å². The van der Waals surface area contributed by atoms with Crippen LogP contribution in [-0.4, -0.2) is 22.2 Å². The fraction of sp³-hybridized carbons (Fsp3) is 0.222. The SMILES string of the molecule is I.N[C@H](C(=O)O)C(I)c1ccc(O)cc1. The van der Waals surface area contributed by atoms with Crippen LogP contribution in [0.3, 0.4) is 0 Å². The Balaban J connectivity index is 0.00000196. The van der Waals surface area contributed by atoms with Crippen LogP contribution in [0, 0.1) is 0 Å². The van der Waals surface area contributed by atoms with E-state index in [-0.39, 0.29) is 33.7 Å². The number of phenols is 1. The van der Waals surface area contributed by atoms with Gasteiger partial charge >= 0.3 is 5.97 Å². The number of hydrogen-bond donors (Lipinski definition) is 3. The summed E-state index contributed by atoms with van der Waals surface area (Å²) in [5, 5.41) is 17.7. The number of halogens is 2. The lowest BCUT2D eigenvalue weighted by molar-refractivity contribution is -0.138. The third-order valence-electron chi connectivity index (χ3n) is 1.81. The molecule has 0 spiro atoms. The van der Waals surface area contributed by atoms with E-state index in [1.54, 1.807) is 12.1 Å². The lowest BCUT2D eigenvalue weighted by atomic mass is 10.1. The summed E-state index contributed by atoms with van der Waals surface area (Å²) < 4.78 is -0.300. The second-order valence-electron chi connectivity index (χ2n) is 2.86. The molecule has 0 aromatic heterocycles. The molecule has 0 radical (unpaired) electrons. The molecule has 0 aliphatic heterocycles. The highest BCUT2D eigenvalue weighted by Crippen LogP contribution is 2.27. The molecule has 4 nitrogen and oxygen atoms in total. The largest absolute Gasteiger partial charge is 0.508 e. The highest BCUT2D eigenvalue weighted by Gasteiger charge is 2.22. The van der Waals surface area contributed by atoms with Crippen molar-refractivity contribution >= 4 is 52.5 Å². The molecule has 1 aromatic rings. The van der Waals surface area contributed by atoms with Crippen molar-refractivity contribution in [3.63, 3.8) is 0 Å². The number of aliphatic carboxylic acids is 1. The van der Waals surface area contributed by atoms with Crippen molar-refractivity contribution in [1.29, 1.82) is 0 Å². The Morgan fingerprint density at radius 1 is 1.33 bits per heavy atom. The van der Waals surface area contributed by atoms with Gasteiger partial charge in [0.25, 0.3) is 0 Å². The molecule has 4 N–H and O–H groups in total. The monoisotopic (exact) mass is 435 g/mol. The zero-order chi connectivity index (χ0) is 10.7. The van der Waals surface area contributed by atoms with Gasteiger partial charge in [0.1, 0.15) is 11.8 Å². The van der Waals surface area contributed by atoms with Crippen molar-refractivity contribution in [2.45, 2.75) is 9.97 Å². The van der Waals surface area contributed by atoms with E-state index in [1.165, 1.54) is 12.1 Å². The van der Waals surface area contributed by atoms with Crippen molar-refractivity contribution in [3.05, 3.63) is 29.8 Å². The first kappa shape index (κ1) is 14.9. The molecule has 1 aromatic carbocycles. The molecule has 84 valence electrons. The molecule has 1 rings (SSSR count). The van der Waals surface area contributed by atoms with E-state index in [2.05, 4.69) is 0 Å². The van der Waals surface area contributed by atoms with Gasteiger partial charge in [0, 0.05) is 0 Å². The third kappa shape index (κ3) is 4.11. The minimum atomic E-state index is -1.03. The molecular formula is C9H11I2NO3. The van der Waals surface area contributed by atoms with E-state index >= 15 is 0 Å². The Hall–Kier alpha value is -0.0900. The molecule has 0 heterocycles. The Morgan fingerprint density at radius 2 is 1.80 bits per heavy atom. The number of rotatable bonds is 3. The first-order valence-corrected chi connectivity index (χ1v) is 5.18. The van der Waals surface area contributed by atoms with Crippen LogP contribution in [-0.2, 0) is 4.79 Å². The summed E-state index contributed by atoms with van der Waals surface area (Å²) in [5.74, 6) is -0.876. The molecule has 0 aliphatic carbocycles. The number of nitrogens with two attached hydrogens (primary N) is 1. The third-order valence-corrected chi connectivity index (χ3v) is 3.31. The van der Waals surface area contributed by atoms with Gasteiger partial charge in [-0.05, 0) is 17.7 Å². The molecule has 2 atom stereocenters. The number of carboxylic acid groups (broad SMARTS) is 1. The van der Waals surface area contributed by atoms with Crippen molar-refractivity contribution in [2.24, 2.45) is 5.73 Å². The topological polar surface area (TPSA) is 83.6 Å². The van der Waals surface area contributed by atoms with E-state index < -0.39 is 12.0 Å². The van der Waals surface area contributed by atoms with Gasteiger partial charge in [-0.3, -0.25) is 4.79 Å². The van der Waals surface area contributed by atoms with Crippen LogP contribution in [0.15, 0.2) is 24.3 Å². The summed E-state index contributed by atoms with van der Waals surface area (Å²) in [6.45, 7) is 0. The molecule has 0 amide bonds. The van der Waals surface area contributed by atoms with E-state index in [0.717, 1.165) is 5.56 Å². The van der Waals surface area contributed by atoms with E-state index in [1.807, 2.05) is 22.6 Å². The maximum atomic E-state index is 10.6. The Morgan fingerprint density at radius 3 is 2.20 bits per heavy atom. The normalized spacial score (nSPS) is 13.7. The molecule has 0 aliphatic rings. The number of hydrogen-bond acceptors (Lipinski definition) is 3. The lowest BCUT2D eigenvalue weighted by Gasteiger charge is -2.14. The maximum absolute atomic E-state index is 10.6. The van der Waals surface area contributed by atoms with E-state index in [4.69, 9.17) is 15.9 Å². The van der Waals surface area contributed by atoms with E-state index in [0.29, 0.717) is 0 Å². The fourth-order valence-electron chi connectivity index (χ4n) is 0.991. The highest BCUT2D eigenvalue weighted by atomic mass is 127. The number of aromatic hydroxyl groups is 1. The zero-order valence-corrected chi connectivity index (χ0v) is 12.1.